The highest BCUT2D eigenvalue weighted by atomic mass is 15.2. The number of rotatable bonds is 4. The van der Waals surface area contributed by atoms with Gasteiger partial charge in [-0.3, -0.25) is 4.98 Å². The van der Waals surface area contributed by atoms with E-state index in [2.05, 4.69) is 156 Å². The van der Waals surface area contributed by atoms with Crippen LogP contribution in [0.5, 0.6) is 0 Å². The second-order valence-corrected chi connectivity index (χ2v) is 13.2. The Morgan fingerprint density at radius 1 is 0.571 bits per heavy atom. The van der Waals surface area contributed by atoms with E-state index < -0.39 is 0 Å². The van der Waals surface area contributed by atoms with Crippen molar-refractivity contribution in [3.8, 4) is 34.0 Å². The Balaban J connectivity index is 1.36. The summed E-state index contributed by atoms with van der Waals surface area (Å²) >= 11 is 0. The van der Waals surface area contributed by atoms with Gasteiger partial charge in [-0.1, -0.05) is 105 Å². The summed E-state index contributed by atoms with van der Waals surface area (Å²) in [5.74, 6) is 0. The quantitative estimate of drug-likeness (QED) is 0.195. The zero-order valence-electron chi connectivity index (χ0n) is 27.3. The van der Waals surface area contributed by atoms with Gasteiger partial charge in [0.05, 0.1) is 34.0 Å². The first-order valence-electron chi connectivity index (χ1n) is 16.6. The van der Waals surface area contributed by atoms with Gasteiger partial charge in [-0.15, -0.1) is 0 Å². The van der Waals surface area contributed by atoms with Crippen molar-refractivity contribution in [2.24, 2.45) is 0 Å². The second-order valence-electron chi connectivity index (χ2n) is 13.2. The maximum absolute atomic E-state index is 9.47. The average Bonchev–Trinajstić information content (AvgIpc) is 3.49. The number of benzene rings is 6. The van der Waals surface area contributed by atoms with Crippen LogP contribution >= 0.6 is 0 Å². The number of nitrogens with zero attached hydrogens (tertiary/aromatic N) is 4. The molecule has 4 nitrogen and oxygen atoms in total. The molecule has 0 N–H and O–H groups in total. The van der Waals surface area contributed by atoms with Crippen LogP contribution in [0, 0.1) is 11.3 Å². The van der Waals surface area contributed by atoms with Crippen LogP contribution < -0.4 is 4.90 Å². The molecule has 49 heavy (non-hydrogen) atoms. The molecule has 0 saturated heterocycles. The van der Waals surface area contributed by atoms with Crippen LogP contribution in [0.1, 0.15) is 30.5 Å². The topological polar surface area (TPSA) is 44.9 Å². The van der Waals surface area contributed by atoms with Crippen LogP contribution in [0.2, 0.25) is 0 Å². The lowest BCUT2D eigenvalue weighted by Crippen LogP contribution is -2.30. The number of para-hydroxylation sites is 3. The molecule has 9 rings (SSSR count). The number of nitriles is 1. The van der Waals surface area contributed by atoms with Crippen molar-refractivity contribution in [3.05, 3.63) is 175 Å². The highest BCUT2D eigenvalue weighted by Gasteiger charge is 2.36. The summed E-state index contributed by atoms with van der Waals surface area (Å²) in [6.07, 6.45) is 3.85. The van der Waals surface area contributed by atoms with E-state index in [4.69, 9.17) is 0 Å². The van der Waals surface area contributed by atoms with Crippen LogP contribution in [0.15, 0.2) is 158 Å². The van der Waals surface area contributed by atoms with Crippen LogP contribution in [0.25, 0.3) is 49.7 Å². The van der Waals surface area contributed by atoms with Gasteiger partial charge < -0.3 is 9.47 Å². The molecule has 0 fully saturated rings. The number of hydrogen-bond acceptors (Lipinski definition) is 3. The molecular formula is C45H32N4. The molecule has 1 aliphatic rings. The molecule has 0 atom stereocenters. The summed E-state index contributed by atoms with van der Waals surface area (Å²) in [7, 11) is 0. The van der Waals surface area contributed by atoms with Gasteiger partial charge in [0.2, 0.25) is 0 Å². The Bertz CT molecular complexity index is 2500. The minimum Gasteiger partial charge on any atom is -0.310 e. The number of anilines is 3. The molecule has 1 aliphatic heterocycles. The van der Waals surface area contributed by atoms with Gasteiger partial charge in [-0.2, -0.15) is 5.26 Å². The van der Waals surface area contributed by atoms with Crippen molar-refractivity contribution in [1.29, 1.82) is 5.26 Å². The predicted octanol–water partition coefficient (Wildman–Crippen LogP) is 11.5. The third-order valence-corrected chi connectivity index (χ3v) is 10.1. The predicted molar refractivity (Wildman–Crippen MR) is 201 cm³/mol. The zero-order valence-corrected chi connectivity index (χ0v) is 27.3. The first kappa shape index (κ1) is 28.8. The fourth-order valence-electron chi connectivity index (χ4n) is 7.76. The Hall–Kier alpha value is -6.44. The van der Waals surface area contributed by atoms with E-state index in [9.17, 15) is 5.26 Å². The van der Waals surface area contributed by atoms with Crippen molar-refractivity contribution in [3.63, 3.8) is 0 Å². The Kier molecular flexibility index (Phi) is 6.50. The number of hydrogen-bond donors (Lipinski definition) is 0. The lowest BCUT2D eigenvalue weighted by molar-refractivity contribution is 0.632. The molecule has 0 amide bonds. The average molecular weight is 629 g/mol. The monoisotopic (exact) mass is 628 g/mol. The van der Waals surface area contributed by atoms with E-state index in [1.54, 1.807) is 0 Å². The lowest BCUT2D eigenvalue weighted by Gasteiger charge is -2.42. The molecule has 0 unspecified atom stereocenters. The number of aromatic nitrogens is 2. The summed E-state index contributed by atoms with van der Waals surface area (Å²) < 4.78 is 2.37. The van der Waals surface area contributed by atoms with Gasteiger partial charge in [-0.05, 0) is 88.0 Å². The summed E-state index contributed by atoms with van der Waals surface area (Å²) in [5.41, 5.74) is 14.2. The van der Waals surface area contributed by atoms with Crippen LogP contribution in [0.3, 0.4) is 0 Å². The molecular weight excluding hydrogens is 597 g/mol. The first-order valence-corrected chi connectivity index (χ1v) is 16.6. The smallest absolute Gasteiger partial charge is 0.0991 e. The lowest BCUT2D eigenvalue weighted by atomic mass is 9.73. The molecule has 0 aliphatic carbocycles. The number of pyridine rings is 1. The largest absolute Gasteiger partial charge is 0.310 e. The Morgan fingerprint density at radius 3 is 1.88 bits per heavy atom. The molecule has 0 spiro atoms. The van der Waals surface area contributed by atoms with Gasteiger partial charge in [0.15, 0.2) is 0 Å². The molecule has 8 aromatic rings. The fourth-order valence-corrected chi connectivity index (χ4v) is 7.76. The minimum absolute atomic E-state index is 0.161. The van der Waals surface area contributed by atoms with E-state index in [0.717, 1.165) is 50.0 Å². The van der Waals surface area contributed by atoms with E-state index in [1.165, 1.54) is 27.9 Å². The van der Waals surface area contributed by atoms with E-state index in [1.807, 2.05) is 36.7 Å². The van der Waals surface area contributed by atoms with Gasteiger partial charge in [-0.25, -0.2) is 0 Å². The second kappa shape index (κ2) is 11.1. The van der Waals surface area contributed by atoms with Crippen molar-refractivity contribution in [2.45, 2.75) is 19.3 Å². The fraction of sp³-hybridized carbons (Fsp3) is 0.0667. The summed E-state index contributed by atoms with van der Waals surface area (Å²) in [6, 6.07) is 53.9. The van der Waals surface area contributed by atoms with Crippen LogP contribution in [0.4, 0.5) is 17.1 Å². The maximum atomic E-state index is 9.47. The standard InChI is InChI=1S/C45H32N4/c1-45(2)39-14-6-9-17-43(39)49(44-18-10-7-15-40(44)45)34-26-32(36-12-4-3-11-35(36)31-21-19-30(28-46)20-22-31)25-33(27-34)48-41-16-8-5-13-37(41)38-29-47-24-23-42(38)48/h3-27,29H,1-2H3. The third kappa shape index (κ3) is 4.47. The molecule has 0 saturated carbocycles. The normalized spacial score (nSPS) is 13.2. The third-order valence-electron chi connectivity index (χ3n) is 10.1. The maximum Gasteiger partial charge on any atom is 0.0991 e. The first-order chi connectivity index (χ1) is 24.0. The Morgan fingerprint density at radius 2 is 1.16 bits per heavy atom. The molecule has 0 radical (unpaired) electrons. The van der Waals surface area contributed by atoms with Crippen LogP contribution in [-0.2, 0) is 5.41 Å². The van der Waals surface area contributed by atoms with E-state index in [-0.39, 0.29) is 5.41 Å². The van der Waals surface area contributed by atoms with Gasteiger partial charge in [0.1, 0.15) is 0 Å². The SMILES string of the molecule is CC1(C)c2ccccc2N(c2cc(-c3ccccc3-c3ccc(C#N)cc3)cc(-n3c4ccccc4c4cnccc43)c2)c2ccccc21. The highest BCUT2D eigenvalue weighted by molar-refractivity contribution is 6.09. The van der Waals surface area contributed by atoms with Gasteiger partial charge in [0.25, 0.3) is 0 Å². The zero-order chi connectivity index (χ0) is 33.1. The van der Waals surface area contributed by atoms with E-state index >= 15 is 0 Å². The molecule has 6 aromatic carbocycles. The van der Waals surface area contributed by atoms with Crippen molar-refractivity contribution in [1.82, 2.24) is 9.55 Å². The molecule has 4 heteroatoms. The number of fused-ring (bicyclic) bond motifs is 5. The molecule has 232 valence electrons. The molecule has 3 heterocycles. The van der Waals surface area contributed by atoms with Crippen molar-refractivity contribution in [2.75, 3.05) is 4.90 Å². The van der Waals surface area contributed by atoms with E-state index in [0.29, 0.717) is 5.56 Å². The van der Waals surface area contributed by atoms with Crippen LogP contribution in [-0.4, -0.2) is 9.55 Å². The highest BCUT2D eigenvalue weighted by Crippen LogP contribution is 2.52. The summed E-state index contributed by atoms with van der Waals surface area (Å²) in [6.45, 7) is 4.65. The minimum atomic E-state index is -0.161. The van der Waals surface area contributed by atoms with Crippen molar-refractivity contribution < 1.29 is 0 Å². The summed E-state index contributed by atoms with van der Waals surface area (Å²) in [5, 5.41) is 11.8. The Labute approximate surface area is 285 Å². The van der Waals surface area contributed by atoms with Gasteiger partial charge in [0, 0.05) is 40.0 Å². The molecule has 0 bridgehead atoms. The van der Waals surface area contributed by atoms with Gasteiger partial charge >= 0.3 is 0 Å². The van der Waals surface area contributed by atoms with Crippen molar-refractivity contribution >= 4 is 38.9 Å². The summed E-state index contributed by atoms with van der Waals surface area (Å²) in [4.78, 5) is 6.94. The molecule has 2 aromatic heterocycles.